The zero-order chi connectivity index (χ0) is 12.7. The number of halogens is 3. The molecule has 17 heavy (non-hydrogen) atoms. The molecule has 1 aromatic rings. The molecule has 0 amide bonds. The minimum absolute atomic E-state index is 0.105. The van der Waals surface area contributed by atoms with Crippen molar-refractivity contribution in [3.8, 4) is 0 Å². The molecule has 0 saturated heterocycles. The van der Waals surface area contributed by atoms with Crippen LogP contribution in [0.4, 0.5) is 13.2 Å². The highest BCUT2D eigenvalue weighted by atomic mass is 19.2. The SMILES string of the molecule is C=COCCCNCc1cc(F)c(F)cc1F. The third kappa shape index (κ3) is 4.48. The van der Waals surface area contributed by atoms with Gasteiger partial charge < -0.3 is 10.1 Å². The lowest BCUT2D eigenvalue weighted by Crippen LogP contribution is -2.17. The van der Waals surface area contributed by atoms with E-state index >= 15 is 0 Å². The Morgan fingerprint density at radius 1 is 1.18 bits per heavy atom. The molecule has 2 nitrogen and oxygen atoms in total. The van der Waals surface area contributed by atoms with Gasteiger partial charge in [-0.05, 0) is 19.0 Å². The molecule has 0 unspecified atom stereocenters. The number of benzene rings is 1. The molecule has 0 saturated carbocycles. The second-order valence-corrected chi connectivity index (χ2v) is 3.43. The molecule has 5 heteroatoms. The van der Waals surface area contributed by atoms with Gasteiger partial charge in [-0.2, -0.15) is 0 Å². The summed E-state index contributed by atoms with van der Waals surface area (Å²) in [5, 5.41) is 2.90. The van der Waals surface area contributed by atoms with Crippen molar-refractivity contribution in [2.45, 2.75) is 13.0 Å². The quantitative estimate of drug-likeness (QED) is 0.453. The first-order valence-electron chi connectivity index (χ1n) is 5.21. The number of rotatable bonds is 7. The van der Waals surface area contributed by atoms with Crippen LogP contribution >= 0.6 is 0 Å². The normalized spacial score (nSPS) is 10.3. The van der Waals surface area contributed by atoms with E-state index in [0.29, 0.717) is 19.2 Å². The van der Waals surface area contributed by atoms with Crippen molar-refractivity contribution in [2.75, 3.05) is 13.2 Å². The Morgan fingerprint density at radius 2 is 1.88 bits per heavy atom. The van der Waals surface area contributed by atoms with E-state index in [-0.39, 0.29) is 12.1 Å². The maximum atomic E-state index is 13.2. The van der Waals surface area contributed by atoms with E-state index < -0.39 is 17.5 Å². The van der Waals surface area contributed by atoms with Gasteiger partial charge in [-0.25, -0.2) is 13.2 Å². The summed E-state index contributed by atoms with van der Waals surface area (Å²) in [5.74, 6) is -2.97. The van der Waals surface area contributed by atoms with Gasteiger partial charge in [0.25, 0.3) is 0 Å². The van der Waals surface area contributed by atoms with Crippen LogP contribution in [-0.4, -0.2) is 13.2 Å². The Morgan fingerprint density at radius 3 is 2.59 bits per heavy atom. The van der Waals surface area contributed by atoms with Crippen LogP contribution in [0.3, 0.4) is 0 Å². The van der Waals surface area contributed by atoms with E-state index in [2.05, 4.69) is 11.9 Å². The Hall–Kier alpha value is -1.49. The smallest absolute Gasteiger partial charge is 0.161 e. The van der Waals surface area contributed by atoms with Crippen LogP contribution in [0.25, 0.3) is 0 Å². The lowest BCUT2D eigenvalue weighted by molar-refractivity contribution is 0.244. The molecule has 0 aliphatic heterocycles. The maximum Gasteiger partial charge on any atom is 0.161 e. The molecule has 0 bridgehead atoms. The highest BCUT2D eigenvalue weighted by molar-refractivity contribution is 5.19. The fourth-order valence-corrected chi connectivity index (χ4v) is 1.29. The number of hydrogen-bond acceptors (Lipinski definition) is 2. The van der Waals surface area contributed by atoms with Gasteiger partial charge in [0, 0.05) is 18.2 Å². The fourth-order valence-electron chi connectivity index (χ4n) is 1.29. The lowest BCUT2D eigenvalue weighted by atomic mass is 10.2. The molecule has 0 atom stereocenters. The molecule has 1 aromatic carbocycles. The van der Waals surface area contributed by atoms with Gasteiger partial charge in [0.1, 0.15) is 5.82 Å². The predicted octanol–water partition coefficient (Wildman–Crippen LogP) is 2.74. The fraction of sp³-hybridized carbons (Fsp3) is 0.333. The highest BCUT2D eigenvalue weighted by Gasteiger charge is 2.08. The average molecular weight is 245 g/mol. The van der Waals surface area contributed by atoms with Crippen LogP contribution < -0.4 is 5.32 Å². The summed E-state index contributed by atoms with van der Waals surface area (Å²) in [5.41, 5.74) is 0.105. The topological polar surface area (TPSA) is 21.3 Å². The van der Waals surface area contributed by atoms with Crippen molar-refractivity contribution in [2.24, 2.45) is 0 Å². The summed E-state index contributed by atoms with van der Waals surface area (Å²) >= 11 is 0. The van der Waals surface area contributed by atoms with Crippen LogP contribution in [0.1, 0.15) is 12.0 Å². The van der Waals surface area contributed by atoms with E-state index in [1.165, 1.54) is 6.26 Å². The van der Waals surface area contributed by atoms with Crippen molar-refractivity contribution in [3.63, 3.8) is 0 Å². The van der Waals surface area contributed by atoms with Crippen molar-refractivity contribution in [1.29, 1.82) is 0 Å². The van der Waals surface area contributed by atoms with Gasteiger partial charge in [-0.3, -0.25) is 0 Å². The molecule has 0 aromatic heterocycles. The van der Waals surface area contributed by atoms with Gasteiger partial charge in [0.2, 0.25) is 0 Å². The van der Waals surface area contributed by atoms with Crippen molar-refractivity contribution >= 4 is 0 Å². The van der Waals surface area contributed by atoms with Gasteiger partial charge >= 0.3 is 0 Å². The number of nitrogens with one attached hydrogen (secondary N) is 1. The van der Waals surface area contributed by atoms with E-state index in [4.69, 9.17) is 4.74 Å². The Labute approximate surface area is 98.1 Å². The van der Waals surface area contributed by atoms with E-state index in [1.54, 1.807) is 0 Å². The van der Waals surface area contributed by atoms with Gasteiger partial charge in [-0.1, -0.05) is 6.58 Å². The number of hydrogen-bond donors (Lipinski definition) is 1. The first-order valence-corrected chi connectivity index (χ1v) is 5.21. The van der Waals surface area contributed by atoms with Crippen LogP contribution in [-0.2, 0) is 11.3 Å². The van der Waals surface area contributed by atoms with Crippen LogP contribution in [0.15, 0.2) is 25.0 Å². The first kappa shape index (κ1) is 13.6. The zero-order valence-electron chi connectivity index (χ0n) is 9.31. The molecular formula is C12H14F3NO. The van der Waals surface area contributed by atoms with Crippen molar-refractivity contribution in [1.82, 2.24) is 5.32 Å². The van der Waals surface area contributed by atoms with E-state index in [9.17, 15) is 13.2 Å². The second kappa shape index (κ2) is 6.96. The van der Waals surface area contributed by atoms with Crippen LogP contribution in [0.2, 0.25) is 0 Å². The predicted molar refractivity (Wildman–Crippen MR) is 58.8 cm³/mol. The summed E-state index contributed by atoms with van der Waals surface area (Å²) in [7, 11) is 0. The van der Waals surface area contributed by atoms with Crippen molar-refractivity contribution < 1.29 is 17.9 Å². The van der Waals surface area contributed by atoms with Crippen LogP contribution in [0.5, 0.6) is 0 Å². The molecule has 0 aliphatic rings. The van der Waals surface area contributed by atoms with Gasteiger partial charge in [0.05, 0.1) is 12.9 Å². The molecule has 1 rings (SSSR count). The number of ether oxygens (including phenoxy) is 1. The van der Waals surface area contributed by atoms with Crippen molar-refractivity contribution in [3.05, 3.63) is 48.0 Å². The largest absolute Gasteiger partial charge is 0.502 e. The summed E-state index contributed by atoms with van der Waals surface area (Å²) in [6, 6.07) is 1.41. The molecule has 0 radical (unpaired) electrons. The zero-order valence-corrected chi connectivity index (χ0v) is 9.31. The summed E-state index contributed by atoms with van der Waals surface area (Å²) < 4.78 is 43.5. The Kier molecular flexibility index (Phi) is 5.56. The monoisotopic (exact) mass is 245 g/mol. The third-order valence-corrected chi connectivity index (χ3v) is 2.14. The van der Waals surface area contributed by atoms with Gasteiger partial charge in [0.15, 0.2) is 11.6 Å². The summed E-state index contributed by atoms with van der Waals surface area (Å²) in [6.45, 7) is 4.64. The minimum atomic E-state index is -1.18. The average Bonchev–Trinajstić information content (AvgIpc) is 2.30. The molecule has 0 aliphatic carbocycles. The van der Waals surface area contributed by atoms with E-state index in [0.717, 1.165) is 12.5 Å². The maximum absolute atomic E-state index is 13.2. The Bertz CT molecular complexity index is 382. The minimum Gasteiger partial charge on any atom is -0.502 e. The highest BCUT2D eigenvalue weighted by Crippen LogP contribution is 2.13. The third-order valence-electron chi connectivity index (χ3n) is 2.14. The lowest BCUT2D eigenvalue weighted by Gasteiger charge is -2.06. The second-order valence-electron chi connectivity index (χ2n) is 3.43. The van der Waals surface area contributed by atoms with E-state index in [1.807, 2.05) is 0 Å². The molecule has 0 spiro atoms. The molecule has 0 fully saturated rings. The standard InChI is InChI=1S/C12H14F3NO/c1-2-17-5-3-4-16-8-9-6-11(14)12(15)7-10(9)13/h2,6-7,16H,1,3-5,8H2. The first-order chi connectivity index (χ1) is 8.15. The molecular weight excluding hydrogens is 231 g/mol. The summed E-state index contributed by atoms with van der Waals surface area (Å²) in [6.07, 6.45) is 2.06. The Balaban J connectivity index is 2.36. The molecule has 94 valence electrons. The van der Waals surface area contributed by atoms with Gasteiger partial charge in [-0.15, -0.1) is 0 Å². The summed E-state index contributed by atoms with van der Waals surface area (Å²) in [4.78, 5) is 0. The molecule has 0 heterocycles. The molecule has 1 N–H and O–H groups in total. The van der Waals surface area contributed by atoms with Crippen LogP contribution in [0, 0.1) is 17.5 Å².